The molecule has 0 saturated carbocycles. The number of carboxylic acid groups (broad SMARTS) is 1. The van der Waals surface area contributed by atoms with Crippen molar-refractivity contribution in [3.05, 3.63) is 22.8 Å². The predicted octanol–water partition coefficient (Wildman–Crippen LogP) is 1.98. The zero-order valence-electron chi connectivity index (χ0n) is 8.36. The minimum atomic E-state index is -1.12. The smallest absolute Gasteiger partial charge is 0.338 e. The summed E-state index contributed by atoms with van der Waals surface area (Å²) in [6.45, 7) is 0.868. The van der Waals surface area contributed by atoms with Crippen LogP contribution in [0.2, 0.25) is 5.15 Å². The summed E-state index contributed by atoms with van der Waals surface area (Å²) < 4.78 is 13.0. The number of anilines is 1. The Hall–Kier alpha value is -1.36. The monoisotopic (exact) mass is 244 g/mol. The Morgan fingerprint density at radius 2 is 2.38 bits per heavy atom. The fraction of sp³-hybridized carbons (Fsp3) is 0.400. The first-order valence-electron chi connectivity index (χ1n) is 4.87. The average Bonchev–Trinajstić information content (AvgIpc) is 2.64. The van der Waals surface area contributed by atoms with Crippen molar-refractivity contribution in [2.24, 2.45) is 0 Å². The Balaban J connectivity index is 2.24. The predicted molar refractivity (Wildman–Crippen MR) is 57.9 cm³/mol. The number of aromatic nitrogens is 1. The van der Waals surface area contributed by atoms with Crippen LogP contribution in [0, 0.1) is 0 Å². The van der Waals surface area contributed by atoms with Crippen LogP contribution >= 0.6 is 11.6 Å². The molecule has 0 unspecified atom stereocenters. The second kappa shape index (κ2) is 4.25. The Morgan fingerprint density at radius 3 is 2.88 bits per heavy atom. The van der Waals surface area contributed by atoms with Crippen LogP contribution in [0.15, 0.2) is 12.1 Å². The molecule has 1 aromatic rings. The van der Waals surface area contributed by atoms with Crippen LogP contribution < -0.4 is 4.90 Å². The van der Waals surface area contributed by atoms with E-state index in [0.717, 1.165) is 0 Å². The second-order valence-corrected chi connectivity index (χ2v) is 4.00. The fourth-order valence-electron chi connectivity index (χ4n) is 1.69. The molecule has 0 radical (unpaired) electrons. The molecule has 0 aromatic carbocycles. The van der Waals surface area contributed by atoms with Crippen molar-refractivity contribution >= 4 is 23.4 Å². The Labute approximate surface area is 96.7 Å². The van der Waals surface area contributed by atoms with Gasteiger partial charge in [-0.2, -0.15) is 0 Å². The molecule has 1 atom stereocenters. The van der Waals surface area contributed by atoms with Crippen LogP contribution in [0.4, 0.5) is 10.2 Å². The minimum absolute atomic E-state index is 0.0404. The molecule has 0 spiro atoms. The molecule has 1 aliphatic rings. The summed E-state index contributed by atoms with van der Waals surface area (Å²) in [5.74, 6) is -0.594. The fourth-order valence-corrected chi connectivity index (χ4v) is 1.92. The van der Waals surface area contributed by atoms with E-state index in [-0.39, 0.29) is 17.3 Å². The van der Waals surface area contributed by atoms with E-state index in [9.17, 15) is 9.18 Å². The number of carbonyl (C=O) groups is 1. The molecule has 0 bridgehead atoms. The van der Waals surface area contributed by atoms with Gasteiger partial charge in [-0.05, 0) is 18.6 Å². The van der Waals surface area contributed by atoms with E-state index in [2.05, 4.69) is 4.98 Å². The summed E-state index contributed by atoms with van der Waals surface area (Å²) in [6, 6.07) is 2.94. The Kier molecular flexibility index (Phi) is 2.96. The van der Waals surface area contributed by atoms with Crippen molar-refractivity contribution in [2.45, 2.75) is 12.6 Å². The van der Waals surface area contributed by atoms with Gasteiger partial charge in [0.2, 0.25) is 0 Å². The molecule has 1 aromatic heterocycles. The lowest BCUT2D eigenvalue weighted by atomic mass is 10.3. The number of nitrogens with zero attached hydrogens (tertiary/aromatic N) is 2. The van der Waals surface area contributed by atoms with E-state index in [1.165, 1.54) is 6.07 Å². The molecule has 0 amide bonds. The highest BCUT2D eigenvalue weighted by Gasteiger charge is 2.23. The van der Waals surface area contributed by atoms with Gasteiger partial charge in [0.05, 0.1) is 12.1 Å². The van der Waals surface area contributed by atoms with Crippen molar-refractivity contribution in [3.8, 4) is 0 Å². The third-order valence-electron chi connectivity index (χ3n) is 2.52. The molecule has 2 heterocycles. The van der Waals surface area contributed by atoms with Crippen LogP contribution in [0.5, 0.6) is 0 Å². The molecule has 1 fully saturated rings. The summed E-state index contributed by atoms with van der Waals surface area (Å²) in [4.78, 5) is 16.4. The first-order valence-corrected chi connectivity index (χ1v) is 5.24. The molecular formula is C10H10ClFN2O2. The molecule has 0 aliphatic carbocycles. The lowest BCUT2D eigenvalue weighted by molar-refractivity contribution is 0.0696. The number of hydrogen-bond donors (Lipinski definition) is 1. The largest absolute Gasteiger partial charge is 0.478 e. The van der Waals surface area contributed by atoms with Crippen LogP contribution in [0.1, 0.15) is 16.8 Å². The summed E-state index contributed by atoms with van der Waals surface area (Å²) >= 11 is 5.73. The van der Waals surface area contributed by atoms with Crippen LogP contribution in [-0.2, 0) is 0 Å². The van der Waals surface area contributed by atoms with Crippen molar-refractivity contribution in [3.63, 3.8) is 0 Å². The zero-order chi connectivity index (χ0) is 11.7. The van der Waals surface area contributed by atoms with E-state index >= 15 is 0 Å². The van der Waals surface area contributed by atoms with Gasteiger partial charge >= 0.3 is 5.97 Å². The number of halogens is 2. The van der Waals surface area contributed by atoms with Crippen molar-refractivity contribution in [2.75, 3.05) is 18.0 Å². The van der Waals surface area contributed by atoms with E-state index in [4.69, 9.17) is 16.7 Å². The summed E-state index contributed by atoms with van der Waals surface area (Å²) in [7, 11) is 0. The quantitative estimate of drug-likeness (QED) is 0.809. The number of alkyl halides is 1. The van der Waals surface area contributed by atoms with Crippen molar-refractivity contribution < 1.29 is 14.3 Å². The van der Waals surface area contributed by atoms with Crippen molar-refractivity contribution in [1.82, 2.24) is 4.98 Å². The Bertz CT molecular complexity index is 427. The van der Waals surface area contributed by atoms with Gasteiger partial charge in [-0.1, -0.05) is 11.6 Å². The van der Waals surface area contributed by atoms with Gasteiger partial charge in [0.1, 0.15) is 17.1 Å². The summed E-state index contributed by atoms with van der Waals surface area (Å²) in [5.41, 5.74) is -0.0404. The third-order valence-corrected chi connectivity index (χ3v) is 2.81. The van der Waals surface area contributed by atoms with Gasteiger partial charge < -0.3 is 10.0 Å². The highest BCUT2D eigenvalue weighted by molar-refractivity contribution is 6.32. The van der Waals surface area contributed by atoms with Crippen LogP contribution in [-0.4, -0.2) is 35.3 Å². The zero-order valence-corrected chi connectivity index (χ0v) is 9.12. The van der Waals surface area contributed by atoms with Gasteiger partial charge in [-0.3, -0.25) is 0 Å². The Morgan fingerprint density at radius 1 is 1.62 bits per heavy atom. The van der Waals surface area contributed by atoms with E-state index in [1.807, 2.05) is 0 Å². The lowest BCUT2D eigenvalue weighted by Gasteiger charge is -2.16. The van der Waals surface area contributed by atoms with Gasteiger partial charge in [0.25, 0.3) is 0 Å². The van der Waals surface area contributed by atoms with Crippen LogP contribution in [0.25, 0.3) is 0 Å². The van der Waals surface area contributed by atoms with Crippen LogP contribution in [0.3, 0.4) is 0 Å². The first kappa shape index (κ1) is 11.1. The molecule has 1 aliphatic heterocycles. The number of rotatable bonds is 2. The maximum Gasteiger partial charge on any atom is 0.338 e. The van der Waals surface area contributed by atoms with Gasteiger partial charge in [0, 0.05) is 6.54 Å². The number of pyridine rings is 1. The topological polar surface area (TPSA) is 53.4 Å². The maximum atomic E-state index is 13.0. The third kappa shape index (κ3) is 2.09. The van der Waals surface area contributed by atoms with E-state index in [1.54, 1.807) is 11.0 Å². The molecule has 16 heavy (non-hydrogen) atoms. The normalized spacial score (nSPS) is 20.1. The lowest BCUT2D eigenvalue weighted by Crippen LogP contribution is -2.21. The van der Waals surface area contributed by atoms with Crippen molar-refractivity contribution in [1.29, 1.82) is 0 Å². The number of aromatic carboxylic acids is 1. The highest BCUT2D eigenvalue weighted by atomic mass is 35.5. The molecule has 6 heteroatoms. The average molecular weight is 245 g/mol. The van der Waals surface area contributed by atoms with E-state index in [0.29, 0.717) is 18.8 Å². The molecule has 1 N–H and O–H groups in total. The highest BCUT2D eigenvalue weighted by Crippen LogP contribution is 2.23. The molecule has 1 saturated heterocycles. The SMILES string of the molecule is O=C(O)c1ccc(N2CC[C@H](F)C2)nc1Cl. The number of carboxylic acids is 1. The maximum absolute atomic E-state index is 13.0. The summed E-state index contributed by atoms with van der Waals surface area (Å²) in [5, 5.41) is 8.70. The first-order chi connectivity index (χ1) is 7.58. The number of hydrogen-bond acceptors (Lipinski definition) is 3. The molecule has 86 valence electrons. The minimum Gasteiger partial charge on any atom is -0.478 e. The summed E-state index contributed by atoms with van der Waals surface area (Å²) in [6.07, 6.45) is -0.375. The molecule has 2 rings (SSSR count). The standard InChI is InChI=1S/C10H10ClFN2O2/c11-9-7(10(15)16)1-2-8(13-9)14-4-3-6(12)5-14/h1-2,6H,3-5H2,(H,15,16)/t6-/m0/s1. The molecule has 4 nitrogen and oxygen atoms in total. The van der Waals surface area contributed by atoms with E-state index < -0.39 is 12.1 Å². The van der Waals surface area contributed by atoms with Gasteiger partial charge in [-0.15, -0.1) is 0 Å². The molecular weight excluding hydrogens is 235 g/mol. The van der Waals surface area contributed by atoms with Gasteiger partial charge in [0.15, 0.2) is 0 Å². The second-order valence-electron chi connectivity index (χ2n) is 3.64. The van der Waals surface area contributed by atoms with Gasteiger partial charge in [-0.25, -0.2) is 14.2 Å².